The van der Waals surface area contributed by atoms with E-state index in [0.29, 0.717) is 15.8 Å². The van der Waals surface area contributed by atoms with Crippen molar-refractivity contribution >= 4 is 34.6 Å². The standard InChI is InChI=1S/C24H22FN3OS/c1-4-17-7-5-6-8-21(17)28-15(2)13-18(16(28)3)14-22-23(29)27-24(30-22)26-20-11-9-19(25)10-12-20/h5-14H,4H2,1-3H3,(H,26,27,29)/b22-14+. The van der Waals surface area contributed by atoms with Crippen LogP contribution in [-0.4, -0.2) is 15.6 Å². The minimum Gasteiger partial charge on any atom is -0.318 e. The van der Waals surface area contributed by atoms with E-state index >= 15 is 0 Å². The second-order valence-corrected chi connectivity index (χ2v) is 8.13. The molecule has 0 unspecified atom stereocenters. The normalized spacial score (nSPS) is 16.5. The van der Waals surface area contributed by atoms with E-state index in [1.54, 1.807) is 12.1 Å². The summed E-state index contributed by atoms with van der Waals surface area (Å²) in [5, 5.41) is 3.27. The number of hydrogen-bond acceptors (Lipinski definition) is 3. The van der Waals surface area contributed by atoms with Gasteiger partial charge in [-0.1, -0.05) is 25.1 Å². The van der Waals surface area contributed by atoms with E-state index in [1.807, 2.05) is 12.1 Å². The Morgan fingerprint density at radius 2 is 1.87 bits per heavy atom. The summed E-state index contributed by atoms with van der Waals surface area (Å²) in [6.07, 6.45) is 2.85. The maximum Gasteiger partial charge on any atom is 0.264 e. The second kappa shape index (κ2) is 8.32. The van der Waals surface area contributed by atoms with Gasteiger partial charge in [-0.15, -0.1) is 0 Å². The van der Waals surface area contributed by atoms with Crippen molar-refractivity contribution in [2.45, 2.75) is 27.2 Å². The van der Waals surface area contributed by atoms with Gasteiger partial charge < -0.3 is 9.88 Å². The third-order valence-electron chi connectivity index (χ3n) is 5.08. The largest absolute Gasteiger partial charge is 0.318 e. The number of carbonyl (C=O) groups is 1. The Balaban J connectivity index is 1.66. The highest BCUT2D eigenvalue weighted by atomic mass is 32.2. The van der Waals surface area contributed by atoms with Crippen molar-refractivity contribution in [3.05, 3.63) is 87.8 Å². The van der Waals surface area contributed by atoms with Crippen LogP contribution < -0.4 is 5.32 Å². The maximum atomic E-state index is 13.1. The number of nitrogens with one attached hydrogen (secondary N) is 1. The molecule has 0 saturated carbocycles. The van der Waals surface area contributed by atoms with Crippen LogP contribution in [-0.2, 0) is 11.2 Å². The number of aryl methyl sites for hydroxylation is 2. The summed E-state index contributed by atoms with van der Waals surface area (Å²) in [6.45, 7) is 6.29. The van der Waals surface area contributed by atoms with Gasteiger partial charge in [0.2, 0.25) is 0 Å². The predicted molar refractivity (Wildman–Crippen MR) is 122 cm³/mol. The molecule has 0 atom stereocenters. The first-order valence-electron chi connectivity index (χ1n) is 9.78. The lowest BCUT2D eigenvalue weighted by atomic mass is 10.1. The number of carbonyl (C=O) groups excluding carboxylic acids is 1. The molecule has 1 fully saturated rings. The van der Waals surface area contributed by atoms with Gasteiger partial charge >= 0.3 is 0 Å². The number of aromatic nitrogens is 1. The van der Waals surface area contributed by atoms with Crippen LogP contribution in [0.25, 0.3) is 11.8 Å². The van der Waals surface area contributed by atoms with Gasteiger partial charge in [0.25, 0.3) is 5.91 Å². The fraction of sp³-hybridized carbons (Fsp3) is 0.167. The molecule has 0 aliphatic carbocycles. The van der Waals surface area contributed by atoms with Crippen LogP contribution >= 0.6 is 11.8 Å². The number of amides is 1. The van der Waals surface area contributed by atoms with Gasteiger partial charge in [0, 0.05) is 17.1 Å². The summed E-state index contributed by atoms with van der Waals surface area (Å²) in [5.41, 5.74) is 6.23. The van der Waals surface area contributed by atoms with E-state index in [4.69, 9.17) is 0 Å². The molecule has 152 valence electrons. The minimum absolute atomic E-state index is 0.181. The number of amidine groups is 1. The van der Waals surface area contributed by atoms with Crippen LogP contribution in [0.3, 0.4) is 0 Å². The van der Waals surface area contributed by atoms with Crippen molar-refractivity contribution in [1.29, 1.82) is 0 Å². The van der Waals surface area contributed by atoms with Crippen LogP contribution in [0.5, 0.6) is 0 Å². The number of hydrogen-bond donors (Lipinski definition) is 1. The van der Waals surface area contributed by atoms with Crippen LogP contribution in [0.2, 0.25) is 0 Å². The van der Waals surface area contributed by atoms with Crippen molar-refractivity contribution in [3.8, 4) is 5.69 Å². The average molecular weight is 420 g/mol. The molecular formula is C24H22FN3OS. The van der Waals surface area contributed by atoms with Crippen molar-refractivity contribution < 1.29 is 9.18 Å². The zero-order chi connectivity index (χ0) is 21.3. The van der Waals surface area contributed by atoms with Gasteiger partial charge in [0.15, 0.2) is 5.17 Å². The van der Waals surface area contributed by atoms with Crippen LogP contribution in [0, 0.1) is 19.7 Å². The number of para-hydroxylation sites is 1. The maximum absolute atomic E-state index is 13.1. The fourth-order valence-corrected chi connectivity index (χ4v) is 4.42. The SMILES string of the molecule is CCc1ccccc1-n1c(C)cc(/C=C2/SC(=Nc3ccc(F)cc3)NC2=O)c1C. The molecule has 2 aromatic carbocycles. The predicted octanol–water partition coefficient (Wildman–Crippen LogP) is 5.69. The Bertz CT molecular complexity index is 1180. The molecule has 1 aromatic heterocycles. The van der Waals surface area contributed by atoms with Crippen molar-refractivity contribution in [2.24, 2.45) is 4.99 Å². The smallest absolute Gasteiger partial charge is 0.264 e. The summed E-state index contributed by atoms with van der Waals surface area (Å²) < 4.78 is 15.3. The van der Waals surface area contributed by atoms with Gasteiger partial charge in [-0.25, -0.2) is 9.38 Å². The first-order valence-corrected chi connectivity index (χ1v) is 10.6. The van der Waals surface area contributed by atoms with E-state index in [1.165, 1.54) is 35.1 Å². The third kappa shape index (κ3) is 3.96. The average Bonchev–Trinajstić information content (AvgIpc) is 3.22. The Kier molecular flexibility index (Phi) is 5.59. The fourth-order valence-electron chi connectivity index (χ4n) is 3.59. The monoisotopic (exact) mass is 419 g/mol. The van der Waals surface area contributed by atoms with Gasteiger partial charge in [-0.2, -0.15) is 0 Å². The summed E-state index contributed by atoms with van der Waals surface area (Å²) in [6, 6.07) is 16.3. The van der Waals surface area contributed by atoms with Gasteiger partial charge in [0.1, 0.15) is 5.82 Å². The lowest BCUT2D eigenvalue weighted by molar-refractivity contribution is -0.115. The molecule has 1 N–H and O–H groups in total. The highest BCUT2D eigenvalue weighted by Crippen LogP contribution is 2.31. The molecule has 1 aliphatic heterocycles. The molecule has 30 heavy (non-hydrogen) atoms. The Morgan fingerprint density at radius 3 is 2.60 bits per heavy atom. The van der Waals surface area contributed by atoms with Crippen molar-refractivity contribution in [1.82, 2.24) is 9.88 Å². The number of nitrogens with zero attached hydrogens (tertiary/aromatic N) is 2. The summed E-state index contributed by atoms with van der Waals surface area (Å²) in [4.78, 5) is 17.4. The summed E-state index contributed by atoms with van der Waals surface area (Å²) in [5.74, 6) is -0.498. The van der Waals surface area contributed by atoms with E-state index in [0.717, 1.165) is 23.4 Å². The van der Waals surface area contributed by atoms with Gasteiger partial charge in [0.05, 0.1) is 10.6 Å². The number of rotatable bonds is 4. The van der Waals surface area contributed by atoms with Crippen molar-refractivity contribution in [2.75, 3.05) is 0 Å². The molecule has 3 aromatic rings. The Labute approximate surface area is 179 Å². The lowest BCUT2D eigenvalue weighted by Crippen LogP contribution is -2.19. The molecule has 0 radical (unpaired) electrons. The zero-order valence-electron chi connectivity index (χ0n) is 17.1. The van der Waals surface area contributed by atoms with E-state index < -0.39 is 0 Å². The molecule has 1 saturated heterocycles. The Hall–Kier alpha value is -3.12. The molecular weight excluding hydrogens is 397 g/mol. The van der Waals surface area contributed by atoms with Gasteiger partial charge in [-0.3, -0.25) is 4.79 Å². The Morgan fingerprint density at radius 1 is 1.13 bits per heavy atom. The third-order valence-corrected chi connectivity index (χ3v) is 5.99. The summed E-state index contributed by atoms with van der Waals surface area (Å²) >= 11 is 1.29. The van der Waals surface area contributed by atoms with Crippen LogP contribution in [0.4, 0.5) is 10.1 Å². The first-order chi connectivity index (χ1) is 14.5. The zero-order valence-corrected chi connectivity index (χ0v) is 17.9. The van der Waals surface area contributed by atoms with E-state index in [-0.39, 0.29) is 11.7 Å². The highest BCUT2D eigenvalue weighted by Gasteiger charge is 2.24. The number of benzene rings is 2. The molecule has 4 rings (SSSR count). The lowest BCUT2D eigenvalue weighted by Gasteiger charge is -2.13. The van der Waals surface area contributed by atoms with E-state index in [2.05, 4.69) is 59.9 Å². The molecule has 0 spiro atoms. The topological polar surface area (TPSA) is 46.4 Å². The number of aliphatic imine (C=N–C) groups is 1. The quantitative estimate of drug-likeness (QED) is 0.553. The molecule has 1 aliphatic rings. The highest BCUT2D eigenvalue weighted by molar-refractivity contribution is 8.18. The van der Waals surface area contributed by atoms with Gasteiger partial charge in [-0.05, 0) is 85.6 Å². The number of thioether (sulfide) groups is 1. The second-order valence-electron chi connectivity index (χ2n) is 7.10. The molecule has 1 amide bonds. The minimum atomic E-state index is -0.317. The van der Waals surface area contributed by atoms with Crippen LogP contribution in [0.15, 0.2) is 64.5 Å². The molecule has 6 heteroatoms. The van der Waals surface area contributed by atoms with E-state index in [9.17, 15) is 9.18 Å². The van der Waals surface area contributed by atoms with Crippen molar-refractivity contribution in [3.63, 3.8) is 0 Å². The molecule has 0 bridgehead atoms. The summed E-state index contributed by atoms with van der Waals surface area (Å²) in [7, 11) is 0. The first kappa shape index (κ1) is 20.2. The number of halogens is 1. The molecule has 4 nitrogen and oxygen atoms in total. The molecule has 2 heterocycles. The van der Waals surface area contributed by atoms with Crippen LogP contribution in [0.1, 0.15) is 29.4 Å².